The molecule has 0 saturated carbocycles. The highest BCUT2D eigenvalue weighted by Crippen LogP contribution is 2.34. The number of carbonyl (C=O) groups excluding carboxylic acids is 1. The molecule has 0 radical (unpaired) electrons. The van der Waals surface area contributed by atoms with E-state index >= 15 is 0 Å². The Morgan fingerprint density at radius 1 is 0.822 bits per heavy atom. The number of halogens is 4. The molecule has 0 aliphatic carbocycles. The summed E-state index contributed by atoms with van der Waals surface area (Å²) in [5.41, 5.74) is 1.70. The van der Waals surface area contributed by atoms with Gasteiger partial charge in [0.2, 0.25) is 0 Å². The van der Waals surface area contributed by atoms with Crippen molar-refractivity contribution in [2.24, 2.45) is 0 Å². The van der Waals surface area contributed by atoms with E-state index in [1.165, 1.54) is 30.3 Å². The molecule has 6 nitrogen and oxygen atoms in total. The van der Waals surface area contributed by atoms with E-state index in [2.05, 4.69) is 10.6 Å². The Kier molecular flexibility index (Phi) is 9.39. The number of carbonyl (C=O) groups is 2. The van der Waals surface area contributed by atoms with E-state index < -0.39 is 29.7 Å². The van der Waals surface area contributed by atoms with Crippen LogP contribution in [-0.4, -0.2) is 23.0 Å². The molecule has 0 fully saturated rings. The zero-order valence-corrected chi connectivity index (χ0v) is 24.3. The van der Waals surface area contributed by atoms with E-state index in [9.17, 15) is 27.9 Å². The third-order valence-electron chi connectivity index (χ3n) is 6.86. The van der Waals surface area contributed by atoms with Crippen molar-refractivity contribution in [3.8, 4) is 22.6 Å². The summed E-state index contributed by atoms with van der Waals surface area (Å²) in [7, 11) is 0. The van der Waals surface area contributed by atoms with Crippen LogP contribution >= 0.6 is 11.6 Å². The third-order valence-corrected chi connectivity index (χ3v) is 7.10. The molecule has 228 valence electrons. The average molecular weight is 631 g/mol. The number of carboxylic acids is 1. The molecule has 0 spiro atoms. The molecule has 5 aromatic rings. The first-order chi connectivity index (χ1) is 21.6. The van der Waals surface area contributed by atoms with Gasteiger partial charge in [-0.3, -0.25) is 4.79 Å². The van der Waals surface area contributed by atoms with Gasteiger partial charge in [0.25, 0.3) is 5.91 Å². The summed E-state index contributed by atoms with van der Waals surface area (Å²) in [4.78, 5) is 25.5. The number of para-hydroxylation sites is 2. The minimum atomic E-state index is -4.55. The third kappa shape index (κ3) is 8.01. The Bertz CT molecular complexity index is 1810. The summed E-state index contributed by atoms with van der Waals surface area (Å²) in [5, 5.41) is 15.4. The lowest BCUT2D eigenvalue weighted by molar-refractivity contribution is -0.139. The van der Waals surface area contributed by atoms with Crippen molar-refractivity contribution < 1.29 is 32.6 Å². The van der Waals surface area contributed by atoms with Gasteiger partial charge in [-0.05, 0) is 65.7 Å². The van der Waals surface area contributed by atoms with Crippen molar-refractivity contribution in [1.82, 2.24) is 5.32 Å². The Labute approximate surface area is 262 Å². The molecule has 5 rings (SSSR count). The minimum Gasteiger partial charge on any atom is -0.480 e. The number of rotatable bonds is 10. The van der Waals surface area contributed by atoms with Crippen molar-refractivity contribution in [3.05, 3.63) is 143 Å². The number of anilines is 2. The molecule has 1 atom stereocenters. The van der Waals surface area contributed by atoms with Gasteiger partial charge in [-0.15, -0.1) is 0 Å². The van der Waals surface area contributed by atoms with Gasteiger partial charge in [0.05, 0.1) is 16.8 Å². The number of alkyl halides is 3. The van der Waals surface area contributed by atoms with Crippen LogP contribution in [0.4, 0.5) is 24.5 Å². The summed E-state index contributed by atoms with van der Waals surface area (Å²) >= 11 is 6.12. The molecule has 45 heavy (non-hydrogen) atoms. The SMILES string of the molecule is O=C(NC(Cc1ccc(-c2ccccc2Oc2ccccc2)cc1)C(=O)O)c1cc(Cl)ccc1Nc1cccc(C(F)(F)F)c1. The zero-order valence-electron chi connectivity index (χ0n) is 23.5. The fourth-order valence-corrected chi connectivity index (χ4v) is 4.82. The van der Waals surface area contributed by atoms with Gasteiger partial charge in [0, 0.05) is 22.7 Å². The topological polar surface area (TPSA) is 87.7 Å². The van der Waals surface area contributed by atoms with Crippen LogP contribution in [0.25, 0.3) is 11.1 Å². The molecular weight excluding hydrogens is 605 g/mol. The molecule has 0 aliphatic rings. The second-order valence-corrected chi connectivity index (χ2v) is 10.5. The summed E-state index contributed by atoms with van der Waals surface area (Å²) in [6, 6.07) is 31.6. The van der Waals surface area contributed by atoms with Crippen LogP contribution in [0.5, 0.6) is 11.5 Å². The second-order valence-electron chi connectivity index (χ2n) is 10.1. The quantitative estimate of drug-likeness (QED) is 0.143. The van der Waals surface area contributed by atoms with Crippen LogP contribution in [-0.2, 0) is 17.4 Å². The summed E-state index contributed by atoms with van der Waals surface area (Å²) in [6.07, 6.45) is -4.58. The normalized spacial score (nSPS) is 11.8. The van der Waals surface area contributed by atoms with E-state index in [4.69, 9.17) is 16.3 Å². The van der Waals surface area contributed by atoms with Gasteiger partial charge in [0.15, 0.2) is 0 Å². The van der Waals surface area contributed by atoms with E-state index in [0.717, 1.165) is 23.3 Å². The molecule has 0 aliphatic heterocycles. The Morgan fingerprint density at radius 3 is 2.24 bits per heavy atom. The van der Waals surface area contributed by atoms with Crippen molar-refractivity contribution in [2.75, 3.05) is 5.32 Å². The Balaban J connectivity index is 1.32. The number of nitrogens with one attached hydrogen (secondary N) is 2. The first kappa shape index (κ1) is 31.2. The van der Waals surface area contributed by atoms with Gasteiger partial charge in [-0.25, -0.2) is 4.79 Å². The fourth-order valence-electron chi connectivity index (χ4n) is 4.64. The predicted molar refractivity (Wildman–Crippen MR) is 167 cm³/mol. The van der Waals surface area contributed by atoms with Crippen LogP contribution < -0.4 is 15.4 Å². The fraction of sp³-hybridized carbons (Fsp3) is 0.0857. The standard InChI is InChI=1S/C35H26ClF3N2O4/c36-25-17-18-30(40-26-8-6-7-24(20-26)35(37,38)39)29(21-25)33(42)41-31(34(43)44)19-22-13-15-23(16-14-22)28-11-4-5-12-32(28)45-27-9-2-1-3-10-27/h1-18,20-21,31,40H,19H2,(H,41,42)(H,43,44). The highest BCUT2D eigenvalue weighted by atomic mass is 35.5. The lowest BCUT2D eigenvalue weighted by Gasteiger charge is -2.18. The maximum absolute atomic E-state index is 13.3. The molecule has 5 aromatic carbocycles. The van der Waals surface area contributed by atoms with Crippen molar-refractivity contribution in [3.63, 3.8) is 0 Å². The molecule has 0 saturated heterocycles. The van der Waals surface area contributed by atoms with E-state index in [0.29, 0.717) is 17.1 Å². The average Bonchev–Trinajstić information content (AvgIpc) is 3.02. The summed E-state index contributed by atoms with van der Waals surface area (Å²) in [5.74, 6) is -0.677. The molecule has 1 unspecified atom stereocenters. The summed E-state index contributed by atoms with van der Waals surface area (Å²) < 4.78 is 45.7. The van der Waals surface area contributed by atoms with Crippen molar-refractivity contribution >= 4 is 34.9 Å². The Morgan fingerprint density at radius 2 is 1.53 bits per heavy atom. The highest BCUT2D eigenvalue weighted by Gasteiger charge is 2.30. The Hall–Kier alpha value is -5.28. The van der Waals surface area contributed by atoms with Crippen LogP contribution in [0.1, 0.15) is 21.5 Å². The van der Waals surface area contributed by atoms with Gasteiger partial charge < -0.3 is 20.5 Å². The zero-order chi connectivity index (χ0) is 32.0. The van der Waals surface area contributed by atoms with Gasteiger partial charge in [-0.2, -0.15) is 13.2 Å². The number of ether oxygens (including phenoxy) is 1. The maximum Gasteiger partial charge on any atom is 0.416 e. The lowest BCUT2D eigenvalue weighted by Crippen LogP contribution is -2.42. The molecule has 1 amide bonds. The number of hydrogen-bond donors (Lipinski definition) is 3. The molecule has 0 aromatic heterocycles. The molecule has 10 heteroatoms. The molecule has 3 N–H and O–H groups in total. The second kappa shape index (κ2) is 13.6. The number of carboxylic acid groups (broad SMARTS) is 1. The smallest absolute Gasteiger partial charge is 0.416 e. The van der Waals surface area contributed by atoms with Crippen LogP contribution in [0.3, 0.4) is 0 Å². The first-order valence-corrected chi connectivity index (χ1v) is 14.1. The highest BCUT2D eigenvalue weighted by molar-refractivity contribution is 6.31. The van der Waals surface area contributed by atoms with Gasteiger partial charge >= 0.3 is 12.1 Å². The maximum atomic E-state index is 13.3. The number of aliphatic carboxylic acids is 1. The van der Waals surface area contributed by atoms with Gasteiger partial charge in [0.1, 0.15) is 17.5 Å². The van der Waals surface area contributed by atoms with Crippen LogP contribution in [0, 0.1) is 0 Å². The number of hydrogen-bond acceptors (Lipinski definition) is 4. The van der Waals surface area contributed by atoms with E-state index in [1.54, 1.807) is 12.1 Å². The summed E-state index contributed by atoms with van der Waals surface area (Å²) in [6.45, 7) is 0. The van der Waals surface area contributed by atoms with Crippen LogP contribution in [0.15, 0.2) is 121 Å². The van der Waals surface area contributed by atoms with Gasteiger partial charge in [-0.1, -0.05) is 78.3 Å². The largest absolute Gasteiger partial charge is 0.480 e. The predicted octanol–water partition coefficient (Wildman–Crippen LogP) is 8.99. The van der Waals surface area contributed by atoms with E-state index in [1.807, 2.05) is 66.7 Å². The first-order valence-electron chi connectivity index (χ1n) is 13.8. The molecule has 0 heterocycles. The van der Waals surface area contributed by atoms with Crippen molar-refractivity contribution in [1.29, 1.82) is 0 Å². The number of benzene rings is 5. The minimum absolute atomic E-state index is 0.0273. The lowest BCUT2D eigenvalue weighted by atomic mass is 9.99. The number of amides is 1. The van der Waals surface area contributed by atoms with E-state index in [-0.39, 0.29) is 28.4 Å². The van der Waals surface area contributed by atoms with Crippen molar-refractivity contribution in [2.45, 2.75) is 18.6 Å². The molecular formula is C35H26ClF3N2O4. The molecule has 0 bridgehead atoms. The van der Waals surface area contributed by atoms with Crippen LogP contribution in [0.2, 0.25) is 5.02 Å². The monoisotopic (exact) mass is 630 g/mol.